The van der Waals surface area contributed by atoms with E-state index >= 15 is 0 Å². The van der Waals surface area contributed by atoms with Crippen LogP contribution in [0.4, 0.5) is 11.4 Å². The molecule has 76 valence electrons. The average molecular weight is 190 g/mol. The van der Waals surface area contributed by atoms with Crippen molar-refractivity contribution in [3.8, 4) is 0 Å². The summed E-state index contributed by atoms with van der Waals surface area (Å²) in [6.07, 6.45) is 1.01. The van der Waals surface area contributed by atoms with Crippen molar-refractivity contribution in [2.45, 2.75) is 20.3 Å². The number of benzene rings is 1. The van der Waals surface area contributed by atoms with Crippen molar-refractivity contribution in [1.82, 2.24) is 0 Å². The molecular formula is C12H18N2. The Morgan fingerprint density at radius 1 is 1.50 bits per heavy atom. The second-order valence-electron chi connectivity index (χ2n) is 3.48. The van der Waals surface area contributed by atoms with Gasteiger partial charge in [-0.15, -0.1) is 0 Å². The van der Waals surface area contributed by atoms with Gasteiger partial charge >= 0.3 is 0 Å². The Hall–Kier alpha value is -1.44. The van der Waals surface area contributed by atoms with Gasteiger partial charge in [0, 0.05) is 17.9 Å². The van der Waals surface area contributed by atoms with Gasteiger partial charge in [0.1, 0.15) is 0 Å². The van der Waals surface area contributed by atoms with Crippen molar-refractivity contribution in [2.24, 2.45) is 0 Å². The van der Waals surface area contributed by atoms with E-state index in [1.165, 1.54) is 5.57 Å². The van der Waals surface area contributed by atoms with Gasteiger partial charge in [0.2, 0.25) is 0 Å². The highest BCUT2D eigenvalue weighted by atomic mass is 14.9. The zero-order chi connectivity index (χ0) is 10.6. The maximum Gasteiger partial charge on any atom is 0.0393 e. The smallest absolute Gasteiger partial charge is 0.0393 e. The molecule has 2 nitrogen and oxygen atoms in total. The second kappa shape index (κ2) is 4.70. The lowest BCUT2D eigenvalue weighted by Gasteiger charge is -2.11. The Kier molecular flexibility index (Phi) is 3.57. The molecule has 1 rings (SSSR count). The topological polar surface area (TPSA) is 38.0 Å². The van der Waals surface area contributed by atoms with Crippen LogP contribution in [0.5, 0.6) is 0 Å². The van der Waals surface area contributed by atoms with Crippen molar-refractivity contribution in [3.05, 3.63) is 35.9 Å². The maximum atomic E-state index is 5.80. The minimum Gasteiger partial charge on any atom is -0.398 e. The molecule has 0 amide bonds. The number of nitrogens with one attached hydrogen (secondary N) is 1. The van der Waals surface area contributed by atoms with Gasteiger partial charge < -0.3 is 11.1 Å². The van der Waals surface area contributed by atoms with Crippen molar-refractivity contribution in [1.29, 1.82) is 0 Å². The van der Waals surface area contributed by atoms with E-state index in [0.29, 0.717) is 0 Å². The third-order valence-electron chi connectivity index (χ3n) is 2.40. The summed E-state index contributed by atoms with van der Waals surface area (Å²) in [5.41, 5.74) is 10.0. The molecule has 0 aliphatic heterocycles. The Morgan fingerprint density at radius 3 is 2.86 bits per heavy atom. The van der Waals surface area contributed by atoms with Gasteiger partial charge in [0.15, 0.2) is 0 Å². The largest absolute Gasteiger partial charge is 0.398 e. The lowest BCUT2D eigenvalue weighted by molar-refractivity contribution is 1.05. The molecule has 1 aromatic carbocycles. The normalized spacial score (nSPS) is 9.86. The molecule has 0 unspecified atom stereocenters. The average Bonchev–Trinajstić information content (AvgIpc) is 2.20. The van der Waals surface area contributed by atoms with Crippen LogP contribution < -0.4 is 11.1 Å². The summed E-state index contributed by atoms with van der Waals surface area (Å²) in [7, 11) is 0. The molecule has 0 saturated carbocycles. The Balaban J connectivity index is 2.68. The third kappa shape index (κ3) is 2.52. The van der Waals surface area contributed by atoms with E-state index < -0.39 is 0 Å². The van der Waals surface area contributed by atoms with E-state index in [-0.39, 0.29) is 0 Å². The molecular weight excluding hydrogens is 172 g/mol. The zero-order valence-corrected chi connectivity index (χ0v) is 8.93. The molecule has 0 aromatic heterocycles. The fourth-order valence-corrected chi connectivity index (χ4v) is 1.19. The Labute approximate surface area is 85.8 Å². The standard InChI is InChI=1S/C12H18N2/c1-4-9(2)8-14-12-7-5-6-11(13)10(12)3/h5-7,14H,2,4,8,13H2,1,3H3. The number of rotatable bonds is 4. The molecule has 0 radical (unpaired) electrons. The van der Waals surface area contributed by atoms with Crippen LogP contribution in [-0.2, 0) is 0 Å². The summed E-state index contributed by atoms with van der Waals surface area (Å²) in [6, 6.07) is 5.91. The first-order valence-electron chi connectivity index (χ1n) is 4.90. The second-order valence-corrected chi connectivity index (χ2v) is 3.48. The summed E-state index contributed by atoms with van der Waals surface area (Å²) in [6.45, 7) is 8.89. The van der Waals surface area contributed by atoms with Crippen molar-refractivity contribution >= 4 is 11.4 Å². The highest BCUT2D eigenvalue weighted by molar-refractivity contribution is 5.63. The van der Waals surface area contributed by atoms with Crippen molar-refractivity contribution in [2.75, 3.05) is 17.6 Å². The molecule has 1 aromatic rings. The molecule has 2 heteroatoms. The summed E-state index contributed by atoms with van der Waals surface area (Å²) >= 11 is 0. The summed E-state index contributed by atoms with van der Waals surface area (Å²) in [5.74, 6) is 0. The lowest BCUT2D eigenvalue weighted by Crippen LogP contribution is -2.05. The minimum absolute atomic E-state index is 0.820. The van der Waals surface area contributed by atoms with Crippen LogP contribution in [0.25, 0.3) is 0 Å². The Morgan fingerprint density at radius 2 is 2.21 bits per heavy atom. The maximum absolute atomic E-state index is 5.80. The molecule has 0 aliphatic carbocycles. The number of nitrogen functional groups attached to an aromatic ring is 1. The van der Waals surface area contributed by atoms with Crippen LogP contribution in [0.1, 0.15) is 18.9 Å². The van der Waals surface area contributed by atoms with Crippen LogP contribution in [0, 0.1) is 6.92 Å². The van der Waals surface area contributed by atoms with E-state index in [1.807, 2.05) is 25.1 Å². The van der Waals surface area contributed by atoms with Crippen LogP contribution in [-0.4, -0.2) is 6.54 Å². The van der Waals surface area contributed by atoms with Gasteiger partial charge in [0.05, 0.1) is 0 Å². The zero-order valence-electron chi connectivity index (χ0n) is 8.93. The Bertz CT molecular complexity index is 329. The van der Waals surface area contributed by atoms with E-state index in [0.717, 1.165) is 29.9 Å². The predicted octanol–water partition coefficient (Wildman–Crippen LogP) is 2.96. The summed E-state index contributed by atoms with van der Waals surface area (Å²) in [4.78, 5) is 0. The highest BCUT2D eigenvalue weighted by Crippen LogP contribution is 2.20. The van der Waals surface area contributed by atoms with Gasteiger partial charge in [-0.3, -0.25) is 0 Å². The van der Waals surface area contributed by atoms with Crippen molar-refractivity contribution < 1.29 is 0 Å². The fourth-order valence-electron chi connectivity index (χ4n) is 1.19. The van der Waals surface area contributed by atoms with E-state index in [9.17, 15) is 0 Å². The summed E-state index contributed by atoms with van der Waals surface area (Å²) < 4.78 is 0. The van der Waals surface area contributed by atoms with Gasteiger partial charge in [-0.1, -0.05) is 25.1 Å². The van der Waals surface area contributed by atoms with E-state index in [4.69, 9.17) is 5.73 Å². The van der Waals surface area contributed by atoms with Crippen LogP contribution in [0.3, 0.4) is 0 Å². The fraction of sp³-hybridized carbons (Fsp3) is 0.333. The van der Waals surface area contributed by atoms with Gasteiger partial charge in [-0.2, -0.15) is 0 Å². The van der Waals surface area contributed by atoms with Gasteiger partial charge in [-0.05, 0) is 31.0 Å². The van der Waals surface area contributed by atoms with Crippen LogP contribution in [0.15, 0.2) is 30.4 Å². The van der Waals surface area contributed by atoms with Crippen LogP contribution in [0.2, 0.25) is 0 Å². The first-order valence-corrected chi connectivity index (χ1v) is 4.90. The molecule has 0 aliphatic rings. The number of hydrogen-bond donors (Lipinski definition) is 2. The molecule has 0 saturated heterocycles. The predicted molar refractivity (Wildman–Crippen MR) is 63.5 cm³/mol. The van der Waals surface area contributed by atoms with Gasteiger partial charge in [-0.25, -0.2) is 0 Å². The quantitative estimate of drug-likeness (QED) is 0.566. The molecule has 0 bridgehead atoms. The van der Waals surface area contributed by atoms with Gasteiger partial charge in [0.25, 0.3) is 0 Å². The first-order chi connectivity index (χ1) is 6.65. The molecule has 3 N–H and O–H groups in total. The summed E-state index contributed by atoms with van der Waals surface area (Å²) in [5, 5.41) is 3.32. The van der Waals surface area contributed by atoms with E-state index in [1.54, 1.807) is 0 Å². The molecule has 0 atom stereocenters. The van der Waals surface area contributed by atoms with Crippen LogP contribution >= 0.6 is 0 Å². The number of hydrogen-bond acceptors (Lipinski definition) is 2. The molecule has 0 heterocycles. The number of anilines is 2. The minimum atomic E-state index is 0.820. The molecule has 0 spiro atoms. The number of nitrogens with two attached hydrogens (primary N) is 1. The highest BCUT2D eigenvalue weighted by Gasteiger charge is 2.00. The lowest BCUT2D eigenvalue weighted by atomic mass is 10.1. The first kappa shape index (κ1) is 10.6. The third-order valence-corrected chi connectivity index (χ3v) is 2.40. The van der Waals surface area contributed by atoms with E-state index in [2.05, 4.69) is 18.8 Å². The van der Waals surface area contributed by atoms with Crippen molar-refractivity contribution in [3.63, 3.8) is 0 Å². The SMILES string of the molecule is C=C(CC)CNc1cccc(N)c1C. The molecule has 14 heavy (non-hydrogen) atoms. The monoisotopic (exact) mass is 190 g/mol. The molecule has 0 fully saturated rings.